The van der Waals surface area contributed by atoms with Gasteiger partial charge in [0.1, 0.15) is 0 Å². The first kappa shape index (κ1) is 20.2. The van der Waals surface area contributed by atoms with Crippen LogP contribution < -0.4 is 10.2 Å². The minimum absolute atomic E-state index is 0.0187. The van der Waals surface area contributed by atoms with Crippen molar-refractivity contribution in [3.63, 3.8) is 0 Å². The van der Waals surface area contributed by atoms with E-state index < -0.39 is 5.41 Å². The lowest BCUT2D eigenvalue weighted by Crippen LogP contribution is -2.48. The zero-order chi connectivity index (χ0) is 23.0. The van der Waals surface area contributed by atoms with E-state index in [-0.39, 0.29) is 23.8 Å². The van der Waals surface area contributed by atoms with Gasteiger partial charge >= 0.3 is 0 Å². The SMILES string of the molecule is CNC(=O)[C@H]1C[C@]12C(=O)N(C1CCN(C3Cc4cccc5cccc3c45)CC1)c1ccccc12. The average molecular weight is 452 g/mol. The summed E-state index contributed by atoms with van der Waals surface area (Å²) in [5.74, 6) is -0.123. The molecular formula is C29H29N3O2. The van der Waals surface area contributed by atoms with Crippen LogP contribution in [0.1, 0.15) is 42.0 Å². The van der Waals surface area contributed by atoms with Crippen molar-refractivity contribution < 1.29 is 9.59 Å². The number of benzene rings is 3. The first-order valence-electron chi connectivity index (χ1n) is 12.5. The second-order valence-corrected chi connectivity index (χ2v) is 10.4. The third-order valence-electron chi connectivity index (χ3n) is 8.87. The summed E-state index contributed by atoms with van der Waals surface area (Å²) in [5.41, 5.74) is 4.35. The lowest BCUT2D eigenvalue weighted by Gasteiger charge is -2.40. The van der Waals surface area contributed by atoms with Crippen LogP contribution in [0.3, 0.4) is 0 Å². The average Bonchev–Trinajstić information content (AvgIpc) is 3.46. The van der Waals surface area contributed by atoms with Gasteiger partial charge in [-0.1, -0.05) is 54.6 Å². The van der Waals surface area contributed by atoms with Crippen molar-refractivity contribution in [1.29, 1.82) is 0 Å². The fourth-order valence-corrected chi connectivity index (χ4v) is 7.15. The number of amides is 2. The van der Waals surface area contributed by atoms with Gasteiger partial charge in [-0.3, -0.25) is 14.5 Å². The van der Waals surface area contributed by atoms with Gasteiger partial charge in [-0.15, -0.1) is 0 Å². The van der Waals surface area contributed by atoms with Crippen molar-refractivity contribution in [3.05, 3.63) is 77.4 Å². The van der Waals surface area contributed by atoms with Gasteiger partial charge in [0.25, 0.3) is 0 Å². The Morgan fingerprint density at radius 2 is 1.76 bits per heavy atom. The molecule has 2 amide bonds. The van der Waals surface area contributed by atoms with Crippen molar-refractivity contribution >= 4 is 28.3 Å². The van der Waals surface area contributed by atoms with Gasteiger partial charge in [0, 0.05) is 37.9 Å². The number of nitrogens with one attached hydrogen (secondary N) is 1. The van der Waals surface area contributed by atoms with E-state index in [2.05, 4.69) is 63.6 Å². The summed E-state index contributed by atoms with van der Waals surface area (Å²) in [5, 5.41) is 5.54. The highest BCUT2D eigenvalue weighted by atomic mass is 16.2. The molecule has 3 aromatic rings. The molecule has 0 radical (unpaired) electrons. The molecule has 34 heavy (non-hydrogen) atoms. The lowest BCUT2D eigenvalue weighted by atomic mass is 9.94. The van der Waals surface area contributed by atoms with Crippen LogP contribution in [0.15, 0.2) is 60.7 Å². The summed E-state index contributed by atoms with van der Waals surface area (Å²) in [4.78, 5) is 30.9. The van der Waals surface area contributed by atoms with E-state index in [4.69, 9.17) is 0 Å². The molecule has 1 N–H and O–H groups in total. The van der Waals surface area contributed by atoms with Crippen molar-refractivity contribution in [2.45, 2.75) is 43.2 Å². The van der Waals surface area contributed by atoms with Crippen molar-refractivity contribution in [1.82, 2.24) is 10.2 Å². The van der Waals surface area contributed by atoms with E-state index in [0.717, 1.165) is 43.6 Å². The summed E-state index contributed by atoms with van der Waals surface area (Å²) < 4.78 is 0. The Labute approximate surface area is 199 Å². The summed E-state index contributed by atoms with van der Waals surface area (Å²) in [7, 11) is 1.66. The molecule has 7 rings (SSSR count). The van der Waals surface area contributed by atoms with Gasteiger partial charge < -0.3 is 10.2 Å². The Morgan fingerprint density at radius 3 is 2.56 bits per heavy atom. The first-order chi connectivity index (χ1) is 16.6. The summed E-state index contributed by atoms with van der Waals surface area (Å²) >= 11 is 0. The molecule has 172 valence electrons. The fourth-order valence-electron chi connectivity index (χ4n) is 7.15. The van der Waals surface area contributed by atoms with Crippen LogP contribution in [0.25, 0.3) is 10.8 Å². The van der Waals surface area contributed by atoms with Crippen LogP contribution in [0, 0.1) is 5.92 Å². The molecule has 2 heterocycles. The number of likely N-dealkylation sites (tertiary alicyclic amines) is 1. The molecule has 0 bridgehead atoms. The Balaban J connectivity index is 1.13. The van der Waals surface area contributed by atoms with Crippen LogP contribution in [0.5, 0.6) is 0 Å². The normalized spacial score (nSPS) is 28.0. The van der Waals surface area contributed by atoms with Gasteiger partial charge in [-0.25, -0.2) is 0 Å². The quantitative estimate of drug-likeness (QED) is 0.656. The van der Waals surface area contributed by atoms with Crippen molar-refractivity contribution in [3.8, 4) is 0 Å². The van der Waals surface area contributed by atoms with Crippen LogP contribution in [0.2, 0.25) is 0 Å². The maximum absolute atomic E-state index is 13.8. The number of carbonyl (C=O) groups excluding carboxylic acids is 2. The number of rotatable bonds is 3. The molecule has 2 aliphatic heterocycles. The molecular weight excluding hydrogens is 422 g/mol. The van der Waals surface area contributed by atoms with E-state index in [1.165, 1.54) is 21.9 Å². The fraction of sp³-hybridized carbons (Fsp3) is 0.379. The van der Waals surface area contributed by atoms with E-state index in [0.29, 0.717) is 12.5 Å². The zero-order valence-electron chi connectivity index (χ0n) is 19.5. The molecule has 0 aromatic heterocycles. The third kappa shape index (κ3) is 2.59. The third-order valence-corrected chi connectivity index (χ3v) is 8.87. The predicted octanol–water partition coefficient (Wildman–Crippen LogP) is 3.95. The number of nitrogens with zero attached hydrogens (tertiary/aromatic N) is 2. The zero-order valence-corrected chi connectivity index (χ0v) is 19.5. The molecule has 5 nitrogen and oxygen atoms in total. The Kier molecular flexibility index (Phi) is 4.26. The van der Waals surface area contributed by atoms with Crippen LogP contribution in [0.4, 0.5) is 5.69 Å². The van der Waals surface area contributed by atoms with Gasteiger partial charge in [0.05, 0.1) is 11.3 Å². The number of piperidine rings is 1. The van der Waals surface area contributed by atoms with Crippen LogP contribution in [-0.4, -0.2) is 42.9 Å². The first-order valence-corrected chi connectivity index (χ1v) is 12.5. The predicted molar refractivity (Wildman–Crippen MR) is 133 cm³/mol. The molecule has 1 spiro atoms. The van der Waals surface area contributed by atoms with E-state index in [1.807, 2.05) is 12.1 Å². The molecule has 2 fully saturated rings. The second kappa shape index (κ2) is 7.16. The molecule has 1 saturated carbocycles. The van der Waals surface area contributed by atoms with Crippen LogP contribution >= 0.6 is 0 Å². The van der Waals surface area contributed by atoms with Gasteiger partial charge in [-0.2, -0.15) is 0 Å². The number of fused-ring (bicyclic) bond motifs is 2. The van der Waals surface area contributed by atoms with Crippen LogP contribution in [-0.2, 0) is 21.4 Å². The molecule has 5 heteroatoms. The molecule has 4 aliphatic rings. The summed E-state index contributed by atoms with van der Waals surface area (Å²) in [6.07, 6.45) is 3.62. The maximum atomic E-state index is 13.8. The monoisotopic (exact) mass is 451 g/mol. The summed E-state index contributed by atoms with van der Waals surface area (Å²) in [6, 6.07) is 22.1. The van der Waals surface area contributed by atoms with Crippen molar-refractivity contribution in [2.24, 2.45) is 5.92 Å². The van der Waals surface area contributed by atoms with E-state index >= 15 is 0 Å². The lowest BCUT2D eigenvalue weighted by molar-refractivity contribution is -0.126. The topological polar surface area (TPSA) is 52.7 Å². The smallest absolute Gasteiger partial charge is 0.238 e. The Bertz CT molecular complexity index is 1340. The number of carbonyl (C=O) groups is 2. The highest BCUT2D eigenvalue weighted by Crippen LogP contribution is 2.62. The molecule has 3 atom stereocenters. The van der Waals surface area contributed by atoms with Gasteiger partial charge in [0.2, 0.25) is 11.8 Å². The van der Waals surface area contributed by atoms with Gasteiger partial charge in [0.15, 0.2) is 0 Å². The number of hydrogen-bond donors (Lipinski definition) is 1. The number of para-hydroxylation sites is 1. The molecule has 3 aromatic carbocycles. The molecule has 2 aliphatic carbocycles. The highest BCUT2D eigenvalue weighted by Gasteiger charge is 2.70. The molecule has 1 saturated heterocycles. The number of hydrogen-bond acceptors (Lipinski definition) is 3. The maximum Gasteiger partial charge on any atom is 0.238 e. The van der Waals surface area contributed by atoms with Crippen molar-refractivity contribution in [2.75, 3.05) is 25.0 Å². The largest absolute Gasteiger partial charge is 0.359 e. The Morgan fingerprint density at radius 1 is 1.00 bits per heavy atom. The van der Waals surface area contributed by atoms with E-state index in [1.54, 1.807) is 7.05 Å². The highest BCUT2D eigenvalue weighted by molar-refractivity contribution is 6.14. The summed E-state index contributed by atoms with van der Waals surface area (Å²) in [6.45, 7) is 1.97. The van der Waals surface area contributed by atoms with E-state index in [9.17, 15) is 9.59 Å². The Hall–Kier alpha value is -3.18. The number of anilines is 1. The standard InChI is InChI=1S/C29H29N3O2/c1-30-27(33)23-17-29(23)22-10-2-3-11-24(22)32(28(29)34)20-12-14-31(15-13-20)25-16-19-8-4-6-18-7-5-9-21(25)26(18)19/h2-11,20,23,25H,12-17H2,1H3,(H,30,33)/t23-,25?,29-/m1/s1. The van der Waals surface area contributed by atoms with Gasteiger partial charge in [-0.05, 0) is 59.2 Å². The second-order valence-electron chi connectivity index (χ2n) is 10.4. The minimum atomic E-state index is -0.642. The minimum Gasteiger partial charge on any atom is -0.359 e. The molecule has 1 unspecified atom stereocenters.